The number of rotatable bonds is 4. The minimum absolute atomic E-state index is 0. The zero-order valence-electron chi connectivity index (χ0n) is 14.3. The highest BCUT2D eigenvalue weighted by Gasteiger charge is 2.38. The fraction of sp³-hybridized carbons (Fsp3) is 0.714. The van der Waals surface area contributed by atoms with Gasteiger partial charge in [-0.05, 0) is 10.8 Å². The zero-order valence-corrected chi connectivity index (χ0v) is 15.7. The Balaban J connectivity index is -0.000000333. The maximum Gasteiger partial charge on any atom is 0.318 e. The second-order valence-electron chi connectivity index (χ2n) is 6.95. The van der Waals surface area contributed by atoms with E-state index in [1.807, 2.05) is 0 Å². The number of hydrogen-bond acceptors (Lipinski definition) is 4. The largest absolute Gasteiger partial charge is 0.481 e. The summed E-state index contributed by atoms with van der Waals surface area (Å²) < 4.78 is 0. The van der Waals surface area contributed by atoms with E-state index in [4.69, 9.17) is 20.4 Å². The summed E-state index contributed by atoms with van der Waals surface area (Å²) in [4.78, 5) is 41.6. The quantitative estimate of drug-likeness (QED) is 0.439. The first kappa shape index (κ1) is 26.5. The number of aliphatic carboxylic acids is 4. The first-order valence-corrected chi connectivity index (χ1v) is 6.44. The van der Waals surface area contributed by atoms with Crippen molar-refractivity contribution < 1.29 is 39.6 Å². The van der Waals surface area contributed by atoms with Gasteiger partial charge in [0, 0.05) is 23.1 Å². The van der Waals surface area contributed by atoms with E-state index in [-0.39, 0.29) is 23.1 Å². The Morgan fingerprint density at radius 3 is 0.696 bits per heavy atom. The Morgan fingerprint density at radius 2 is 0.696 bits per heavy atom. The van der Waals surface area contributed by atoms with Crippen LogP contribution >= 0.6 is 0 Å². The van der Waals surface area contributed by atoms with Crippen LogP contribution in [0.5, 0.6) is 0 Å². The lowest BCUT2D eigenvalue weighted by atomic mass is 9.81. The highest BCUT2D eigenvalue weighted by atomic mass is 24.3. The molecule has 0 saturated heterocycles. The third-order valence-electron chi connectivity index (χ3n) is 2.72. The molecule has 0 aliphatic rings. The van der Waals surface area contributed by atoms with Crippen LogP contribution in [-0.2, 0) is 19.2 Å². The SMILES string of the molecule is CC(C)(C)C(C(=O)O)C(=O)O.CC(C)(C)C(C(=O)O)C(=O)O.[Mg]. The summed E-state index contributed by atoms with van der Waals surface area (Å²) in [6, 6.07) is 0. The van der Waals surface area contributed by atoms with Crippen LogP contribution in [0.4, 0.5) is 0 Å². The Hall–Kier alpha value is -1.35. The molecule has 0 aliphatic carbocycles. The molecular formula is C14H24MgO8. The molecule has 0 saturated carbocycles. The van der Waals surface area contributed by atoms with Gasteiger partial charge in [0.2, 0.25) is 0 Å². The van der Waals surface area contributed by atoms with Gasteiger partial charge in [0.25, 0.3) is 0 Å². The monoisotopic (exact) mass is 344 g/mol. The van der Waals surface area contributed by atoms with E-state index in [0.717, 1.165) is 0 Å². The molecule has 0 aromatic rings. The van der Waals surface area contributed by atoms with Crippen LogP contribution in [0.2, 0.25) is 0 Å². The van der Waals surface area contributed by atoms with E-state index in [1.165, 1.54) is 0 Å². The fourth-order valence-corrected chi connectivity index (χ4v) is 1.69. The second kappa shape index (κ2) is 9.71. The van der Waals surface area contributed by atoms with E-state index in [1.54, 1.807) is 41.5 Å². The number of carboxylic acid groups (broad SMARTS) is 4. The van der Waals surface area contributed by atoms with Crippen molar-refractivity contribution in [2.45, 2.75) is 41.5 Å². The van der Waals surface area contributed by atoms with Crippen LogP contribution in [-0.4, -0.2) is 67.4 Å². The molecule has 0 aliphatic heterocycles. The van der Waals surface area contributed by atoms with Crippen LogP contribution in [0.25, 0.3) is 0 Å². The number of hydrogen-bond donors (Lipinski definition) is 4. The minimum Gasteiger partial charge on any atom is -0.481 e. The lowest BCUT2D eigenvalue weighted by molar-refractivity contribution is -0.161. The maximum atomic E-state index is 10.4. The van der Waals surface area contributed by atoms with Crippen molar-refractivity contribution in [1.82, 2.24) is 0 Å². The minimum atomic E-state index is -1.33. The predicted octanol–water partition coefficient (Wildman–Crippen LogP) is 1.26. The molecule has 0 atom stereocenters. The lowest BCUT2D eigenvalue weighted by Crippen LogP contribution is -2.35. The van der Waals surface area contributed by atoms with E-state index < -0.39 is 46.5 Å². The molecule has 0 rings (SSSR count). The topological polar surface area (TPSA) is 149 Å². The first-order valence-electron chi connectivity index (χ1n) is 6.44. The van der Waals surface area contributed by atoms with E-state index in [2.05, 4.69) is 0 Å². The fourth-order valence-electron chi connectivity index (χ4n) is 1.69. The molecule has 0 spiro atoms. The molecule has 0 fully saturated rings. The Labute approximate surface area is 151 Å². The van der Waals surface area contributed by atoms with Crippen molar-refractivity contribution in [3.63, 3.8) is 0 Å². The zero-order chi connectivity index (χ0) is 18.5. The Bertz CT molecular complexity index is 375. The molecule has 0 aromatic carbocycles. The summed E-state index contributed by atoms with van der Waals surface area (Å²) in [5.41, 5.74) is -1.48. The molecule has 0 bridgehead atoms. The summed E-state index contributed by atoms with van der Waals surface area (Å²) >= 11 is 0. The standard InChI is InChI=1S/2C7H12O4.Mg/c2*1-7(2,3)4(5(8)9)6(10)11;/h2*4H,1-3H3,(H,8,9)(H,10,11);. The van der Waals surface area contributed by atoms with Crippen LogP contribution in [0.1, 0.15) is 41.5 Å². The van der Waals surface area contributed by atoms with Gasteiger partial charge in [-0.25, -0.2) is 0 Å². The second-order valence-corrected chi connectivity index (χ2v) is 6.95. The summed E-state index contributed by atoms with van der Waals surface area (Å²) in [6.07, 6.45) is 0. The molecule has 23 heavy (non-hydrogen) atoms. The van der Waals surface area contributed by atoms with Gasteiger partial charge in [-0.1, -0.05) is 41.5 Å². The van der Waals surface area contributed by atoms with Gasteiger partial charge in [-0.2, -0.15) is 0 Å². The molecule has 8 nitrogen and oxygen atoms in total. The van der Waals surface area contributed by atoms with Crippen molar-refractivity contribution >= 4 is 46.9 Å². The Morgan fingerprint density at radius 1 is 0.565 bits per heavy atom. The van der Waals surface area contributed by atoms with E-state index in [0.29, 0.717) is 0 Å². The van der Waals surface area contributed by atoms with Crippen LogP contribution in [0, 0.1) is 22.7 Å². The summed E-state index contributed by atoms with van der Waals surface area (Å²) in [6.45, 7) is 9.50. The van der Waals surface area contributed by atoms with Gasteiger partial charge in [0.05, 0.1) is 0 Å². The predicted molar refractivity (Wildman–Crippen MR) is 82.2 cm³/mol. The lowest BCUT2D eigenvalue weighted by Gasteiger charge is -2.22. The van der Waals surface area contributed by atoms with Gasteiger partial charge >= 0.3 is 23.9 Å². The van der Waals surface area contributed by atoms with Crippen molar-refractivity contribution in [2.75, 3.05) is 0 Å². The molecule has 9 heteroatoms. The van der Waals surface area contributed by atoms with Crippen molar-refractivity contribution in [1.29, 1.82) is 0 Å². The molecule has 4 N–H and O–H groups in total. The molecular weight excluding hydrogens is 320 g/mol. The molecule has 2 radical (unpaired) electrons. The van der Waals surface area contributed by atoms with Gasteiger partial charge < -0.3 is 20.4 Å². The van der Waals surface area contributed by atoms with E-state index in [9.17, 15) is 19.2 Å². The molecule has 0 aromatic heterocycles. The van der Waals surface area contributed by atoms with Crippen LogP contribution in [0.15, 0.2) is 0 Å². The average molecular weight is 345 g/mol. The summed E-state index contributed by atoms with van der Waals surface area (Å²) in [5, 5.41) is 34.0. The van der Waals surface area contributed by atoms with Gasteiger partial charge in [-0.3, -0.25) is 19.2 Å². The molecule has 130 valence electrons. The average Bonchev–Trinajstić information content (AvgIpc) is 2.08. The van der Waals surface area contributed by atoms with Crippen molar-refractivity contribution in [2.24, 2.45) is 22.7 Å². The normalized spacial score (nSPS) is 11.1. The Kier molecular flexibility index (Phi) is 11.2. The van der Waals surface area contributed by atoms with Gasteiger partial charge in [0.1, 0.15) is 0 Å². The smallest absolute Gasteiger partial charge is 0.318 e. The highest BCUT2D eigenvalue weighted by molar-refractivity contribution is 5.94. The van der Waals surface area contributed by atoms with Gasteiger partial charge in [0.15, 0.2) is 11.8 Å². The summed E-state index contributed by atoms with van der Waals surface area (Å²) in [5.74, 6) is -7.81. The molecule has 0 heterocycles. The first-order chi connectivity index (χ1) is 9.53. The third kappa shape index (κ3) is 10.1. The van der Waals surface area contributed by atoms with E-state index >= 15 is 0 Å². The van der Waals surface area contributed by atoms with Crippen molar-refractivity contribution in [3.05, 3.63) is 0 Å². The van der Waals surface area contributed by atoms with Crippen LogP contribution < -0.4 is 0 Å². The maximum absolute atomic E-state index is 10.4. The van der Waals surface area contributed by atoms with Gasteiger partial charge in [-0.15, -0.1) is 0 Å². The number of carboxylic acids is 4. The summed E-state index contributed by atoms with van der Waals surface area (Å²) in [7, 11) is 0. The number of carbonyl (C=O) groups is 4. The highest BCUT2D eigenvalue weighted by Crippen LogP contribution is 2.26. The molecule has 0 amide bonds. The third-order valence-corrected chi connectivity index (χ3v) is 2.72. The molecule has 0 unspecified atom stereocenters. The van der Waals surface area contributed by atoms with Crippen LogP contribution in [0.3, 0.4) is 0 Å². The van der Waals surface area contributed by atoms with Crippen molar-refractivity contribution in [3.8, 4) is 0 Å².